The number of imidazole rings is 1. The average molecular weight is 619 g/mol. The summed E-state index contributed by atoms with van der Waals surface area (Å²) in [5.41, 5.74) is 2.08. The van der Waals surface area contributed by atoms with Crippen molar-refractivity contribution in [3.05, 3.63) is 30.5 Å². The Labute approximate surface area is 261 Å². The number of nitriles is 1. The van der Waals surface area contributed by atoms with Gasteiger partial charge in [0.15, 0.2) is 5.65 Å². The fraction of sp³-hybridized carbons (Fsp3) is 0.625. The van der Waals surface area contributed by atoms with Gasteiger partial charge in [-0.25, -0.2) is 15.0 Å². The zero-order chi connectivity index (χ0) is 31.6. The summed E-state index contributed by atoms with van der Waals surface area (Å²) < 4.78 is 9.93. The van der Waals surface area contributed by atoms with Gasteiger partial charge in [-0.05, 0) is 43.1 Å². The fourth-order valence-corrected chi connectivity index (χ4v) is 6.20. The van der Waals surface area contributed by atoms with E-state index < -0.39 is 19.5 Å². The minimum absolute atomic E-state index is 0.0336. The second-order valence-electron chi connectivity index (χ2n) is 14.7. The lowest BCUT2D eigenvalue weighted by Crippen LogP contribution is -2.56. The van der Waals surface area contributed by atoms with E-state index in [4.69, 9.17) is 14.7 Å². The number of aromatic nitrogens is 5. The molecule has 1 N–H and O–H groups in total. The van der Waals surface area contributed by atoms with E-state index in [-0.39, 0.29) is 24.5 Å². The molecular formula is C32H46N8O3Si. The predicted molar refractivity (Wildman–Crippen MR) is 171 cm³/mol. The third kappa shape index (κ3) is 7.74. The van der Waals surface area contributed by atoms with Crippen molar-refractivity contribution < 1.29 is 14.3 Å². The summed E-state index contributed by atoms with van der Waals surface area (Å²) in [6.07, 6.45) is 11.0. The van der Waals surface area contributed by atoms with Gasteiger partial charge in [0.05, 0.1) is 24.2 Å². The van der Waals surface area contributed by atoms with Crippen LogP contribution >= 0.6 is 0 Å². The molecule has 4 heterocycles. The maximum atomic E-state index is 14.0. The summed E-state index contributed by atoms with van der Waals surface area (Å²) in [7, 11) is -1.27. The molecule has 1 aliphatic carbocycles. The van der Waals surface area contributed by atoms with Crippen molar-refractivity contribution in [1.29, 1.82) is 5.26 Å². The van der Waals surface area contributed by atoms with E-state index in [0.717, 1.165) is 12.6 Å². The lowest BCUT2D eigenvalue weighted by molar-refractivity contribution is -0.137. The molecule has 1 aliphatic heterocycles. The Bertz CT molecular complexity index is 1530. The van der Waals surface area contributed by atoms with E-state index in [0.29, 0.717) is 66.6 Å². The molecule has 1 saturated heterocycles. The van der Waals surface area contributed by atoms with Crippen LogP contribution in [0.3, 0.4) is 0 Å². The van der Waals surface area contributed by atoms with Gasteiger partial charge in [-0.15, -0.1) is 0 Å². The van der Waals surface area contributed by atoms with Gasteiger partial charge in [-0.3, -0.25) is 9.59 Å². The Hall–Kier alpha value is -3.56. The van der Waals surface area contributed by atoms with Gasteiger partial charge in [0.1, 0.15) is 29.7 Å². The van der Waals surface area contributed by atoms with Gasteiger partial charge >= 0.3 is 0 Å². The molecule has 0 bridgehead atoms. The molecule has 0 aromatic carbocycles. The first-order valence-electron chi connectivity index (χ1n) is 15.8. The quantitative estimate of drug-likeness (QED) is 0.238. The Morgan fingerprint density at radius 3 is 2.48 bits per heavy atom. The predicted octanol–water partition coefficient (Wildman–Crippen LogP) is 4.92. The molecule has 1 saturated carbocycles. The number of rotatable bonds is 11. The van der Waals surface area contributed by atoms with E-state index in [9.17, 15) is 14.9 Å². The van der Waals surface area contributed by atoms with Gasteiger partial charge in [0.2, 0.25) is 5.91 Å². The molecule has 3 aromatic rings. The first kappa shape index (κ1) is 31.8. The molecule has 44 heavy (non-hydrogen) atoms. The molecule has 2 aliphatic rings. The Kier molecular flexibility index (Phi) is 9.27. The van der Waals surface area contributed by atoms with Crippen LogP contribution in [0.1, 0.15) is 56.8 Å². The highest BCUT2D eigenvalue weighted by atomic mass is 28.3. The van der Waals surface area contributed by atoms with Crippen LogP contribution in [-0.2, 0) is 22.8 Å². The van der Waals surface area contributed by atoms with Crippen molar-refractivity contribution in [2.45, 2.75) is 91.5 Å². The molecule has 2 fully saturated rings. The first-order valence-corrected chi connectivity index (χ1v) is 19.5. The van der Waals surface area contributed by atoms with Gasteiger partial charge in [-0.2, -0.15) is 5.26 Å². The molecule has 0 radical (unpaired) electrons. The normalized spacial score (nSPS) is 17.1. The molecule has 0 unspecified atom stereocenters. The van der Waals surface area contributed by atoms with E-state index >= 15 is 0 Å². The number of nitrogens with one attached hydrogen (secondary N) is 1. The largest absolute Gasteiger partial charge is 0.361 e. The molecular weight excluding hydrogens is 572 g/mol. The number of carbonyl (C=O) groups excluding carboxylic acids is 2. The summed E-state index contributed by atoms with van der Waals surface area (Å²) >= 11 is 0. The molecule has 5 rings (SSSR count). The first-order chi connectivity index (χ1) is 20.8. The van der Waals surface area contributed by atoms with Crippen LogP contribution < -0.4 is 5.32 Å². The number of likely N-dealkylation sites (tertiary alicyclic amines) is 1. The lowest BCUT2D eigenvalue weighted by Gasteiger charge is -2.37. The average Bonchev–Trinajstić information content (AvgIpc) is 3.54. The van der Waals surface area contributed by atoms with Crippen molar-refractivity contribution in [2.75, 3.05) is 19.7 Å². The zero-order valence-corrected chi connectivity index (χ0v) is 28.0. The summed E-state index contributed by atoms with van der Waals surface area (Å²) in [4.78, 5) is 43.7. The van der Waals surface area contributed by atoms with Crippen LogP contribution in [0.2, 0.25) is 25.7 Å². The number of hydrogen-bond acceptors (Lipinski definition) is 7. The second kappa shape index (κ2) is 12.8. The molecule has 0 spiro atoms. The Morgan fingerprint density at radius 1 is 1.11 bits per heavy atom. The molecule has 236 valence electrons. The number of carbonyl (C=O) groups is 2. The smallest absolute Gasteiger partial charge is 0.255 e. The lowest BCUT2D eigenvalue weighted by atomic mass is 9.85. The standard InChI is InChI=1S/C32H46N8O3Si/c1-32(2,3)28(31(42)39-11-9-22(15-33)10-12-39)37-30(41)24-18-40(21-43-13-14-44(4,5)6)29-27(24)36-25(16-34-29)26-19-38(20-35-26)17-23-7-8-23/h16,18-20,22-23,28H,7-14,17,21H2,1-6H3,(H,37,41)/t28-/m0/s1. The summed E-state index contributed by atoms with van der Waals surface area (Å²) in [5, 5.41) is 12.3. The molecule has 11 nitrogen and oxygen atoms in total. The van der Waals surface area contributed by atoms with Crippen molar-refractivity contribution in [3.63, 3.8) is 0 Å². The molecule has 12 heteroatoms. The van der Waals surface area contributed by atoms with Gasteiger partial charge in [-0.1, -0.05) is 40.4 Å². The number of ether oxygens (including phenoxy) is 1. The van der Waals surface area contributed by atoms with Crippen LogP contribution in [0.5, 0.6) is 0 Å². The highest BCUT2D eigenvalue weighted by Gasteiger charge is 2.37. The third-order valence-electron chi connectivity index (χ3n) is 8.48. The monoisotopic (exact) mass is 618 g/mol. The maximum absolute atomic E-state index is 14.0. The summed E-state index contributed by atoms with van der Waals surface area (Å²) in [6.45, 7) is 15.6. The number of piperidine rings is 1. The van der Waals surface area contributed by atoms with Gasteiger partial charge in [0, 0.05) is 52.6 Å². The number of nitrogens with zero attached hydrogens (tertiary/aromatic N) is 7. The highest BCUT2D eigenvalue weighted by molar-refractivity contribution is 6.76. The van der Waals surface area contributed by atoms with Crippen LogP contribution in [0.4, 0.5) is 0 Å². The van der Waals surface area contributed by atoms with E-state index in [2.05, 4.69) is 40.6 Å². The SMILES string of the molecule is CC(C)(C)[C@@H](NC(=O)c1cn(COCC[Si](C)(C)C)c2ncc(-c3cn(CC4CC4)cn3)nc12)C(=O)N1CCC(C#N)CC1. The molecule has 2 amide bonds. The van der Waals surface area contributed by atoms with Crippen LogP contribution in [0.25, 0.3) is 22.6 Å². The molecule has 1 atom stereocenters. The van der Waals surface area contributed by atoms with E-state index in [1.807, 2.05) is 37.9 Å². The number of amides is 2. The van der Waals surface area contributed by atoms with Crippen LogP contribution in [0, 0.1) is 28.6 Å². The summed E-state index contributed by atoms with van der Waals surface area (Å²) in [5.74, 6) is 0.163. The van der Waals surface area contributed by atoms with Gasteiger partial charge < -0.3 is 24.1 Å². The minimum Gasteiger partial charge on any atom is -0.361 e. The Morgan fingerprint density at radius 2 is 1.84 bits per heavy atom. The highest BCUT2D eigenvalue weighted by Crippen LogP contribution is 2.31. The third-order valence-corrected chi connectivity index (χ3v) is 10.2. The minimum atomic E-state index is -1.27. The van der Waals surface area contributed by atoms with Gasteiger partial charge in [0.25, 0.3) is 5.91 Å². The summed E-state index contributed by atoms with van der Waals surface area (Å²) in [6, 6.07) is 2.59. The van der Waals surface area contributed by atoms with Crippen molar-refractivity contribution in [3.8, 4) is 17.5 Å². The second-order valence-corrected chi connectivity index (χ2v) is 20.3. The van der Waals surface area contributed by atoms with E-state index in [1.54, 1.807) is 17.3 Å². The maximum Gasteiger partial charge on any atom is 0.255 e. The fourth-order valence-electron chi connectivity index (χ4n) is 5.44. The van der Waals surface area contributed by atoms with E-state index in [1.165, 1.54) is 12.8 Å². The van der Waals surface area contributed by atoms with Crippen LogP contribution in [-0.4, -0.2) is 74.6 Å². The van der Waals surface area contributed by atoms with Crippen LogP contribution in [0.15, 0.2) is 24.9 Å². The zero-order valence-electron chi connectivity index (χ0n) is 27.0. The number of hydrogen-bond donors (Lipinski definition) is 1. The molecule has 3 aromatic heterocycles. The van der Waals surface area contributed by atoms with Crippen molar-refractivity contribution >= 4 is 31.1 Å². The Balaban J connectivity index is 1.42. The number of fused-ring (bicyclic) bond motifs is 1. The van der Waals surface area contributed by atoms with Crippen molar-refractivity contribution in [2.24, 2.45) is 17.3 Å². The topological polar surface area (TPSA) is 131 Å². The van der Waals surface area contributed by atoms with Crippen molar-refractivity contribution in [1.82, 2.24) is 34.3 Å².